The van der Waals surface area contributed by atoms with Crippen molar-refractivity contribution in [2.24, 2.45) is 0 Å². The zero-order valence-electron chi connectivity index (χ0n) is 17.9. The van der Waals surface area contributed by atoms with Gasteiger partial charge in [-0.1, -0.05) is 0 Å². The average Bonchev–Trinajstić information content (AvgIpc) is 2.75. The Balaban J connectivity index is 1.70. The molecule has 0 radical (unpaired) electrons. The third-order valence-electron chi connectivity index (χ3n) is 4.32. The molecule has 0 aliphatic rings. The van der Waals surface area contributed by atoms with Crippen molar-refractivity contribution in [2.75, 3.05) is 21.4 Å². The average molecular weight is 490 g/mol. The molecule has 9 nitrogen and oxygen atoms in total. The monoisotopic (exact) mass is 489 g/mol. The highest BCUT2D eigenvalue weighted by Crippen LogP contribution is 2.22. The Kier molecular flexibility index (Phi) is 7.24. The van der Waals surface area contributed by atoms with E-state index in [1.807, 2.05) is 6.92 Å². The topological polar surface area (TPSA) is 131 Å². The summed E-state index contributed by atoms with van der Waals surface area (Å²) in [5.41, 5.74) is 1.03. The van der Waals surface area contributed by atoms with Gasteiger partial charge in [0.2, 0.25) is 5.91 Å². The number of hydrogen-bond donors (Lipinski definition) is 3. The molecule has 0 bridgehead atoms. The van der Waals surface area contributed by atoms with E-state index in [0.717, 1.165) is 0 Å². The van der Waals surface area contributed by atoms with Gasteiger partial charge in [-0.25, -0.2) is 16.8 Å². The number of amides is 1. The summed E-state index contributed by atoms with van der Waals surface area (Å²) in [7, 11) is -7.77. The minimum Gasteiger partial charge on any atom is -0.494 e. The molecule has 3 N–H and O–H groups in total. The second-order valence-corrected chi connectivity index (χ2v) is 10.3. The lowest BCUT2D eigenvalue weighted by molar-refractivity contribution is -0.114. The number of rotatable bonds is 9. The van der Waals surface area contributed by atoms with Crippen molar-refractivity contribution < 1.29 is 26.4 Å². The number of carbonyl (C=O) groups excluding carboxylic acids is 1. The van der Waals surface area contributed by atoms with E-state index < -0.39 is 20.0 Å². The molecule has 1 amide bonds. The number of nitrogens with one attached hydrogen (secondary N) is 3. The number of benzene rings is 3. The molecule has 3 rings (SSSR count). The molecule has 0 saturated carbocycles. The largest absolute Gasteiger partial charge is 0.494 e. The van der Waals surface area contributed by atoms with Crippen LogP contribution in [0.25, 0.3) is 0 Å². The van der Waals surface area contributed by atoms with E-state index >= 15 is 0 Å². The normalized spacial score (nSPS) is 11.5. The molecule has 0 unspecified atom stereocenters. The van der Waals surface area contributed by atoms with Crippen LogP contribution < -0.4 is 19.5 Å². The summed E-state index contributed by atoms with van der Waals surface area (Å²) in [5.74, 6) is 0.359. The third-order valence-corrected chi connectivity index (χ3v) is 7.11. The lowest BCUT2D eigenvalue weighted by atomic mass is 10.3. The summed E-state index contributed by atoms with van der Waals surface area (Å²) in [5, 5.41) is 2.56. The van der Waals surface area contributed by atoms with Crippen molar-refractivity contribution in [1.82, 2.24) is 0 Å². The van der Waals surface area contributed by atoms with Crippen LogP contribution in [-0.2, 0) is 24.8 Å². The maximum Gasteiger partial charge on any atom is 0.261 e. The first-order valence-corrected chi connectivity index (χ1v) is 12.8. The van der Waals surface area contributed by atoms with E-state index in [9.17, 15) is 21.6 Å². The molecule has 0 atom stereocenters. The van der Waals surface area contributed by atoms with Crippen LogP contribution in [0.4, 0.5) is 17.1 Å². The van der Waals surface area contributed by atoms with Gasteiger partial charge in [0.05, 0.1) is 16.4 Å². The maximum atomic E-state index is 12.6. The Bertz CT molecular complexity index is 1320. The fraction of sp³-hybridized carbons (Fsp3) is 0.136. The quantitative estimate of drug-likeness (QED) is 0.421. The van der Waals surface area contributed by atoms with Crippen molar-refractivity contribution in [3.8, 4) is 5.75 Å². The smallest absolute Gasteiger partial charge is 0.261 e. The molecular formula is C22H23N3O6S2. The molecule has 0 saturated heterocycles. The van der Waals surface area contributed by atoms with Gasteiger partial charge < -0.3 is 10.1 Å². The molecule has 174 valence electrons. The van der Waals surface area contributed by atoms with Crippen LogP contribution in [0.15, 0.2) is 82.6 Å². The van der Waals surface area contributed by atoms with Crippen molar-refractivity contribution in [3.05, 3.63) is 72.8 Å². The summed E-state index contributed by atoms with van der Waals surface area (Å²) in [6.07, 6.45) is 0. The fourth-order valence-corrected chi connectivity index (χ4v) is 4.95. The SMILES string of the molecule is CCOc1ccc(NS(=O)(=O)c2ccc(NS(=O)(=O)c3ccc(NC(C)=O)cc3)cc2)cc1. The van der Waals surface area contributed by atoms with E-state index in [-0.39, 0.29) is 21.4 Å². The van der Waals surface area contributed by atoms with E-state index in [4.69, 9.17) is 4.74 Å². The van der Waals surface area contributed by atoms with Crippen molar-refractivity contribution in [1.29, 1.82) is 0 Å². The molecular weight excluding hydrogens is 466 g/mol. The van der Waals surface area contributed by atoms with Crippen LogP contribution >= 0.6 is 0 Å². The van der Waals surface area contributed by atoms with Gasteiger partial charge in [0.15, 0.2) is 0 Å². The first-order chi connectivity index (χ1) is 15.6. The first-order valence-electron chi connectivity index (χ1n) is 9.85. The second kappa shape index (κ2) is 9.92. The molecule has 0 aromatic heterocycles. The predicted molar refractivity (Wildman–Crippen MR) is 126 cm³/mol. The van der Waals surface area contributed by atoms with E-state index in [1.165, 1.54) is 55.5 Å². The van der Waals surface area contributed by atoms with Gasteiger partial charge in [-0.3, -0.25) is 14.2 Å². The number of anilines is 3. The van der Waals surface area contributed by atoms with Gasteiger partial charge >= 0.3 is 0 Å². The lowest BCUT2D eigenvalue weighted by Crippen LogP contribution is -2.15. The zero-order valence-corrected chi connectivity index (χ0v) is 19.5. The number of ether oxygens (including phenoxy) is 1. The number of carbonyl (C=O) groups is 1. The van der Waals surface area contributed by atoms with Gasteiger partial charge in [0.25, 0.3) is 20.0 Å². The second-order valence-electron chi connectivity index (χ2n) is 6.90. The number of sulfonamides is 2. The van der Waals surface area contributed by atoms with Gasteiger partial charge in [-0.2, -0.15) is 0 Å². The standard InChI is InChI=1S/C22H23N3O6S2/c1-3-31-20-10-4-18(5-11-20)24-33(29,30)22-14-8-19(9-15-22)25-32(27,28)21-12-6-17(7-13-21)23-16(2)26/h4-15,24-25H,3H2,1-2H3,(H,23,26). The van der Waals surface area contributed by atoms with Gasteiger partial charge in [-0.05, 0) is 79.7 Å². The molecule has 0 aliphatic heterocycles. The van der Waals surface area contributed by atoms with E-state index in [0.29, 0.717) is 23.7 Å². The molecule has 33 heavy (non-hydrogen) atoms. The van der Waals surface area contributed by atoms with Gasteiger partial charge in [0, 0.05) is 24.0 Å². The number of hydrogen-bond acceptors (Lipinski definition) is 6. The first kappa shape index (κ1) is 24.1. The van der Waals surface area contributed by atoms with Crippen molar-refractivity contribution >= 4 is 43.0 Å². The van der Waals surface area contributed by atoms with Crippen LogP contribution in [0.2, 0.25) is 0 Å². The summed E-state index contributed by atoms with van der Waals surface area (Å²) in [6, 6.07) is 17.4. The summed E-state index contributed by atoms with van der Waals surface area (Å²) in [4.78, 5) is 11.0. The highest BCUT2D eigenvalue weighted by atomic mass is 32.2. The molecule has 0 fully saturated rings. The molecule has 0 spiro atoms. The van der Waals surface area contributed by atoms with Crippen molar-refractivity contribution in [2.45, 2.75) is 23.6 Å². The highest BCUT2D eigenvalue weighted by Gasteiger charge is 2.17. The Morgan fingerprint density at radius 3 is 1.48 bits per heavy atom. The maximum absolute atomic E-state index is 12.6. The zero-order chi connectivity index (χ0) is 24.1. The van der Waals surface area contributed by atoms with Crippen LogP contribution in [-0.4, -0.2) is 29.3 Å². The molecule has 3 aromatic rings. The summed E-state index contributed by atoms with van der Waals surface area (Å²) < 4.78 is 60.6. The summed E-state index contributed by atoms with van der Waals surface area (Å²) in [6.45, 7) is 3.71. The predicted octanol–water partition coefficient (Wildman–Crippen LogP) is 3.65. The van der Waals surface area contributed by atoms with Crippen LogP contribution in [0.5, 0.6) is 5.75 Å². The fourth-order valence-electron chi connectivity index (χ4n) is 2.84. The van der Waals surface area contributed by atoms with Crippen LogP contribution in [0.1, 0.15) is 13.8 Å². The molecule has 0 aliphatic carbocycles. The Morgan fingerprint density at radius 1 is 0.697 bits per heavy atom. The minimum atomic E-state index is -3.90. The Hall–Kier alpha value is -3.57. The summed E-state index contributed by atoms with van der Waals surface area (Å²) >= 11 is 0. The van der Waals surface area contributed by atoms with Gasteiger partial charge in [0.1, 0.15) is 5.75 Å². The van der Waals surface area contributed by atoms with Crippen LogP contribution in [0, 0.1) is 0 Å². The lowest BCUT2D eigenvalue weighted by Gasteiger charge is -2.11. The Labute approximate surface area is 192 Å². The van der Waals surface area contributed by atoms with E-state index in [2.05, 4.69) is 14.8 Å². The van der Waals surface area contributed by atoms with Crippen molar-refractivity contribution in [3.63, 3.8) is 0 Å². The van der Waals surface area contributed by atoms with Crippen LogP contribution in [0.3, 0.4) is 0 Å². The Morgan fingerprint density at radius 2 is 1.09 bits per heavy atom. The highest BCUT2D eigenvalue weighted by molar-refractivity contribution is 7.93. The minimum absolute atomic E-state index is 0.00883. The van der Waals surface area contributed by atoms with Gasteiger partial charge in [-0.15, -0.1) is 0 Å². The molecule has 11 heteroatoms. The molecule has 0 heterocycles. The van der Waals surface area contributed by atoms with E-state index in [1.54, 1.807) is 24.3 Å². The third kappa shape index (κ3) is 6.46. The molecule has 3 aromatic carbocycles.